The van der Waals surface area contributed by atoms with Crippen molar-refractivity contribution < 1.29 is 18.0 Å². The van der Waals surface area contributed by atoms with Crippen molar-refractivity contribution in [2.24, 2.45) is 5.73 Å². The topological polar surface area (TPSA) is 55.1 Å². The number of benzene rings is 1. The van der Waals surface area contributed by atoms with E-state index in [0.29, 0.717) is 13.1 Å². The molecule has 19 heavy (non-hydrogen) atoms. The lowest BCUT2D eigenvalue weighted by Crippen LogP contribution is -2.27. The van der Waals surface area contributed by atoms with Crippen molar-refractivity contribution in [1.29, 1.82) is 0 Å². The van der Waals surface area contributed by atoms with Crippen LogP contribution >= 0.6 is 0 Å². The third-order valence-electron chi connectivity index (χ3n) is 2.63. The molecule has 3 nitrogen and oxygen atoms in total. The molecule has 0 radical (unpaired) electrons. The fourth-order valence-electron chi connectivity index (χ4n) is 1.68. The summed E-state index contributed by atoms with van der Waals surface area (Å²) in [6.45, 7) is 0.969. The largest absolute Gasteiger partial charge is 0.416 e. The number of nitrogens with two attached hydrogens (primary N) is 1. The highest BCUT2D eigenvalue weighted by molar-refractivity contribution is 5.78. The van der Waals surface area contributed by atoms with E-state index in [2.05, 4.69) is 5.32 Å². The zero-order chi connectivity index (χ0) is 14.3. The van der Waals surface area contributed by atoms with Gasteiger partial charge < -0.3 is 11.1 Å². The predicted octanol–water partition coefficient (Wildman–Crippen LogP) is 2.10. The first-order chi connectivity index (χ1) is 8.95. The van der Waals surface area contributed by atoms with Crippen LogP contribution in [0.3, 0.4) is 0 Å². The van der Waals surface area contributed by atoms with Gasteiger partial charge in [0.25, 0.3) is 0 Å². The van der Waals surface area contributed by atoms with E-state index in [0.717, 1.165) is 18.9 Å². The van der Waals surface area contributed by atoms with Crippen molar-refractivity contribution in [1.82, 2.24) is 5.32 Å². The summed E-state index contributed by atoms with van der Waals surface area (Å²) in [4.78, 5) is 11.5. The van der Waals surface area contributed by atoms with Crippen molar-refractivity contribution in [3.63, 3.8) is 0 Å². The van der Waals surface area contributed by atoms with Crippen LogP contribution in [0.15, 0.2) is 24.3 Å². The molecule has 1 amide bonds. The van der Waals surface area contributed by atoms with Crippen LogP contribution < -0.4 is 11.1 Å². The molecule has 1 rings (SSSR count). The molecule has 0 heterocycles. The SMILES string of the molecule is NCCCCNC(=O)Cc1ccccc1C(F)(F)F. The fraction of sp³-hybridized carbons (Fsp3) is 0.462. The number of alkyl halides is 3. The Balaban J connectivity index is 2.59. The highest BCUT2D eigenvalue weighted by Gasteiger charge is 2.33. The molecule has 106 valence electrons. The van der Waals surface area contributed by atoms with Crippen molar-refractivity contribution in [3.05, 3.63) is 35.4 Å². The van der Waals surface area contributed by atoms with Crippen LogP contribution in [0.25, 0.3) is 0 Å². The standard InChI is InChI=1S/C13H17F3N2O/c14-13(15,16)11-6-2-1-5-10(11)9-12(19)18-8-4-3-7-17/h1-2,5-6H,3-4,7-9,17H2,(H,18,19). The van der Waals surface area contributed by atoms with Crippen molar-refractivity contribution in [3.8, 4) is 0 Å². The quantitative estimate of drug-likeness (QED) is 0.781. The molecule has 0 saturated carbocycles. The number of nitrogens with one attached hydrogen (secondary N) is 1. The Morgan fingerprint density at radius 2 is 1.89 bits per heavy atom. The fourth-order valence-corrected chi connectivity index (χ4v) is 1.68. The Kier molecular flexibility index (Phi) is 5.82. The summed E-state index contributed by atoms with van der Waals surface area (Å²) >= 11 is 0. The molecular formula is C13H17F3N2O. The molecule has 0 atom stereocenters. The van der Waals surface area contributed by atoms with Gasteiger partial charge in [-0.3, -0.25) is 4.79 Å². The van der Waals surface area contributed by atoms with Crippen LogP contribution in [0.5, 0.6) is 0 Å². The van der Waals surface area contributed by atoms with Crippen LogP contribution in [0.2, 0.25) is 0 Å². The Labute approximate surface area is 110 Å². The molecule has 0 aliphatic carbocycles. The Morgan fingerprint density at radius 1 is 1.21 bits per heavy atom. The molecule has 6 heteroatoms. The van der Waals surface area contributed by atoms with Crippen LogP contribution in [0.4, 0.5) is 13.2 Å². The van der Waals surface area contributed by atoms with Crippen molar-refractivity contribution >= 4 is 5.91 Å². The average molecular weight is 274 g/mol. The molecule has 0 bridgehead atoms. The van der Waals surface area contributed by atoms with E-state index in [-0.39, 0.29) is 12.0 Å². The molecule has 1 aromatic rings. The lowest BCUT2D eigenvalue weighted by Gasteiger charge is -2.12. The molecule has 3 N–H and O–H groups in total. The van der Waals surface area contributed by atoms with Gasteiger partial charge in [-0.15, -0.1) is 0 Å². The average Bonchev–Trinajstić information content (AvgIpc) is 2.34. The molecule has 0 aliphatic rings. The van der Waals surface area contributed by atoms with Gasteiger partial charge in [0.1, 0.15) is 0 Å². The number of amides is 1. The molecule has 0 unspecified atom stereocenters. The summed E-state index contributed by atoms with van der Waals surface area (Å²) in [5.74, 6) is -0.409. The maximum absolute atomic E-state index is 12.7. The van der Waals surface area contributed by atoms with Gasteiger partial charge in [0.15, 0.2) is 0 Å². The second-order valence-electron chi connectivity index (χ2n) is 4.18. The van der Waals surface area contributed by atoms with Gasteiger partial charge >= 0.3 is 6.18 Å². The number of carbonyl (C=O) groups excluding carboxylic acids is 1. The Bertz CT molecular complexity index is 419. The summed E-state index contributed by atoms with van der Waals surface area (Å²) in [6.07, 6.45) is -3.20. The van der Waals surface area contributed by atoms with Gasteiger partial charge in [-0.05, 0) is 31.0 Å². The van der Waals surface area contributed by atoms with E-state index < -0.39 is 17.6 Å². The minimum atomic E-state index is -4.43. The molecule has 0 fully saturated rings. The highest BCUT2D eigenvalue weighted by Crippen LogP contribution is 2.31. The van der Waals surface area contributed by atoms with E-state index in [4.69, 9.17) is 5.73 Å². The van der Waals surface area contributed by atoms with Gasteiger partial charge in [0, 0.05) is 6.54 Å². The number of hydrogen-bond donors (Lipinski definition) is 2. The van der Waals surface area contributed by atoms with Crippen molar-refractivity contribution in [2.75, 3.05) is 13.1 Å². The third-order valence-corrected chi connectivity index (χ3v) is 2.63. The van der Waals surface area contributed by atoms with E-state index in [1.54, 1.807) is 0 Å². The second kappa shape index (κ2) is 7.13. The van der Waals surface area contributed by atoms with Crippen LogP contribution in [0.1, 0.15) is 24.0 Å². The highest BCUT2D eigenvalue weighted by atomic mass is 19.4. The zero-order valence-corrected chi connectivity index (χ0v) is 10.5. The van der Waals surface area contributed by atoms with Gasteiger partial charge in [-0.1, -0.05) is 18.2 Å². The zero-order valence-electron chi connectivity index (χ0n) is 10.5. The molecule has 0 spiro atoms. The first-order valence-corrected chi connectivity index (χ1v) is 6.07. The van der Waals surface area contributed by atoms with Crippen LogP contribution in [-0.4, -0.2) is 19.0 Å². The summed E-state index contributed by atoms with van der Waals surface area (Å²) < 4.78 is 38.1. The van der Waals surface area contributed by atoms with Gasteiger partial charge in [0.2, 0.25) is 5.91 Å². The van der Waals surface area contributed by atoms with E-state index in [1.165, 1.54) is 18.2 Å². The maximum Gasteiger partial charge on any atom is 0.416 e. The summed E-state index contributed by atoms with van der Waals surface area (Å²) in [7, 11) is 0. The smallest absolute Gasteiger partial charge is 0.356 e. The maximum atomic E-state index is 12.7. The van der Waals surface area contributed by atoms with E-state index in [1.807, 2.05) is 0 Å². The number of halogens is 3. The minimum absolute atomic E-state index is 0.00803. The lowest BCUT2D eigenvalue weighted by atomic mass is 10.0. The summed E-state index contributed by atoms with van der Waals surface area (Å²) in [5, 5.41) is 2.58. The third kappa shape index (κ3) is 5.30. The summed E-state index contributed by atoms with van der Waals surface area (Å²) in [5.41, 5.74) is 4.53. The van der Waals surface area contributed by atoms with Crippen LogP contribution in [-0.2, 0) is 17.4 Å². The Hall–Kier alpha value is -1.56. The molecule has 0 aliphatic heterocycles. The number of hydrogen-bond acceptors (Lipinski definition) is 2. The minimum Gasteiger partial charge on any atom is -0.356 e. The number of unbranched alkanes of at least 4 members (excludes halogenated alkanes) is 1. The summed E-state index contributed by atoms with van der Waals surface area (Å²) in [6, 6.07) is 5.11. The van der Waals surface area contributed by atoms with E-state index in [9.17, 15) is 18.0 Å². The second-order valence-corrected chi connectivity index (χ2v) is 4.18. The van der Waals surface area contributed by atoms with E-state index >= 15 is 0 Å². The molecule has 0 aromatic heterocycles. The first kappa shape index (κ1) is 15.5. The first-order valence-electron chi connectivity index (χ1n) is 6.07. The monoisotopic (exact) mass is 274 g/mol. The lowest BCUT2D eigenvalue weighted by molar-refractivity contribution is -0.138. The normalized spacial score (nSPS) is 11.4. The Morgan fingerprint density at radius 3 is 2.53 bits per heavy atom. The van der Waals surface area contributed by atoms with Gasteiger partial charge in [-0.25, -0.2) is 0 Å². The van der Waals surface area contributed by atoms with Gasteiger partial charge in [0.05, 0.1) is 12.0 Å². The van der Waals surface area contributed by atoms with Crippen LogP contribution in [0, 0.1) is 0 Å². The van der Waals surface area contributed by atoms with Gasteiger partial charge in [-0.2, -0.15) is 13.2 Å². The van der Waals surface area contributed by atoms with Crippen molar-refractivity contribution in [2.45, 2.75) is 25.4 Å². The molecule has 1 aromatic carbocycles. The predicted molar refractivity (Wildman–Crippen MR) is 66.4 cm³/mol. The molecule has 0 saturated heterocycles. The molecular weight excluding hydrogens is 257 g/mol. The number of carbonyl (C=O) groups is 1. The number of rotatable bonds is 6.